The maximum Gasteiger partial charge on any atom is 0.338 e. The minimum Gasteiger partial charge on any atom is -0.459 e. The van der Waals surface area contributed by atoms with Gasteiger partial charge in [-0.1, -0.05) is 36.4 Å². The van der Waals surface area contributed by atoms with Crippen molar-refractivity contribution in [3.63, 3.8) is 0 Å². The van der Waals surface area contributed by atoms with E-state index in [0.29, 0.717) is 37.6 Å². The first-order chi connectivity index (χ1) is 12.7. The zero-order chi connectivity index (χ0) is 18.2. The van der Waals surface area contributed by atoms with Gasteiger partial charge in [0.05, 0.1) is 24.3 Å². The Morgan fingerprint density at radius 3 is 1.38 bits per heavy atom. The first-order valence-corrected chi connectivity index (χ1v) is 8.40. The second kappa shape index (κ2) is 9.12. The Kier molecular flexibility index (Phi) is 6.35. The fourth-order valence-electron chi connectivity index (χ4n) is 1.98. The van der Waals surface area contributed by atoms with E-state index in [1.54, 1.807) is 24.3 Å². The fourth-order valence-corrected chi connectivity index (χ4v) is 1.98. The number of benzene rings is 2. The van der Waals surface area contributed by atoms with Gasteiger partial charge in [-0.2, -0.15) is 0 Å². The van der Waals surface area contributed by atoms with Gasteiger partial charge >= 0.3 is 11.9 Å². The normalized spacial score (nSPS) is 19.5. The molecule has 0 amide bonds. The minimum atomic E-state index is -0.281. The maximum absolute atomic E-state index is 11.3. The van der Waals surface area contributed by atoms with Gasteiger partial charge < -0.3 is 18.9 Å². The molecule has 0 spiro atoms. The summed E-state index contributed by atoms with van der Waals surface area (Å²) >= 11 is 0. The molecule has 2 aliphatic rings. The van der Waals surface area contributed by atoms with Gasteiger partial charge in [0.25, 0.3) is 0 Å². The van der Waals surface area contributed by atoms with Crippen LogP contribution in [0.4, 0.5) is 0 Å². The van der Waals surface area contributed by atoms with Gasteiger partial charge in [-0.3, -0.25) is 0 Å². The van der Waals surface area contributed by atoms with Crippen LogP contribution in [0.15, 0.2) is 60.7 Å². The van der Waals surface area contributed by atoms with Gasteiger partial charge in [-0.05, 0) is 24.3 Å². The molecule has 26 heavy (non-hydrogen) atoms. The second-order valence-electron chi connectivity index (χ2n) is 5.84. The molecule has 0 aliphatic carbocycles. The van der Waals surface area contributed by atoms with E-state index in [2.05, 4.69) is 0 Å². The van der Waals surface area contributed by atoms with E-state index < -0.39 is 0 Å². The van der Waals surface area contributed by atoms with Crippen molar-refractivity contribution >= 4 is 11.9 Å². The Morgan fingerprint density at radius 1 is 0.731 bits per heavy atom. The summed E-state index contributed by atoms with van der Waals surface area (Å²) < 4.78 is 19.8. The van der Waals surface area contributed by atoms with Gasteiger partial charge in [-0.25, -0.2) is 9.59 Å². The molecule has 2 aromatic rings. The Labute approximate surface area is 151 Å². The molecule has 2 heterocycles. The average Bonchev–Trinajstić information content (AvgIpc) is 3.61. The molecule has 6 nitrogen and oxygen atoms in total. The first kappa shape index (κ1) is 18.1. The average molecular weight is 356 g/mol. The molecule has 0 aromatic heterocycles. The number of hydrogen-bond acceptors (Lipinski definition) is 6. The Balaban J connectivity index is 0.000000151. The molecule has 0 radical (unpaired) electrons. The molecule has 0 N–H and O–H groups in total. The van der Waals surface area contributed by atoms with Crippen LogP contribution in [0.5, 0.6) is 0 Å². The lowest BCUT2D eigenvalue weighted by atomic mass is 10.2. The van der Waals surface area contributed by atoms with Crippen LogP contribution in [-0.4, -0.2) is 50.6 Å². The van der Waals surface area contributed by atoms with Crippen LogP contribution in [0, 0.1) is 0 Å². The van der Waals surface area contributed by atoms with Crippen molar-refractivity contribution in [1.29, 1.82) is 0 Å². The molecule has 2 atom stereocenters. The van der Waals surface area contributed by atoms with Gasteiger partial charge in [0.1, 0.15) is 25.4 Å². The van der Waals surface area contributed by atoms with Crippen LogP contribution in [0.1, 0.15) is 20.7 Å². The summed E-state index contributed by atoms with van der Waals surface area (Å²) in [5, 5.41) is 0. The van der Waals surface area contributed by atoms with Crippen LogP contribution in [0.25, 0.3) is 0 Å². The lowest BCUT2D eigenvalue weighted by Gasteiger charge is -2.01. The van der Waals surface area contributed by atoms with Crippen LogP contribution in [-0.2, 0) is 18.9 Å². The molecule has 0 bridgehead atoms. The van der Waals surface area contributed by atoms with Crippen molar-refractivity contribution < 1.29 is 28.5 Å². The van der Waals surface area contributed by atoms with Crippen molar-refractivity contribution in [2.75, 3.05) is 26.4 Å². The van der Waals surface area contributed by atoms with E-state index >= 15 is 0 Å². The number of hydrogen-bond donors (Lipinski definition) is 0. The van der Waals surface area contributed by atoms with Crippen LogP contribution in [0.3, 0.4) is 0 Å². The van der Waals surface area contributed by atoms with Crippen molar-refractivity contribution in [1.82, 2.24) is 0 Å². The molecular formula is C20H20O6. The smallest absolute Gasteiger partial charge is 0.338 e. The van der Waals surface area contributed by atoms with Crippen molar-refractivity contribution in [2.45, 2.75) is 12.2 Å². The minimum absolute atomic E-state index is 0.132. The fraction of sp³-hybridized carbons (Fsp3) is 0.300. The first-order valence-electron chi connectivity index (χ1n) is 8.40. The summed E-state index contributed by atoms with van der Waals surface area (Å²) in [6, 6.07) is 17.9. The maximum atomic E-state index is 11.3. The lowest BCUT2D eigenvalue weighted by Crippen LogP contribution is -2.09. The highest BCUT2D eigenvalue weighted by atomic mass is 16.6. The highest BCUT2D eigenvalue weighted by Crippen LogP contribution is 2.11. The largest absolute Gasteiger partial charge is 0.459 e. The third-order valence-corrected chi connectivity index (χ3v) is 3.62. The third-order valence-electron chi connectivity index (χ3n) is 3.62. The predicted octanol–water partition coefficient (Wildman–Crippen LogP) is 2.48. The van der Waals surface area contributed by atoms with E-state index in [0.717, 1.165) is 0 Å². The van der Waals surface area contributed by atoms with Gasteiger partial charge in [-0.15, -0.1) is 0 Å². The molecule has 2 aliphatic heterocycles. The van der Waals surface area contributed by atoms with Crippen LogP contribution in [0.2, 0.25) is 0 Å². The zero-order valence-corrected chi connectivity index (χ0v) is 14.2. The predicted molar refractivity (Wildman–Crippen MR) is 92.9 cm³/mol. The van der Waals surface area contributed by atoms with E-state index in [9.17, 15) is 9.59 Å². The van der Waals surface area contributed by atoms with Gasteiger partial charge in [0.15, 0.2) is 0 Å². The molecular weight excluding hydrogens is 336 g/mol. The van der Waals surface area contributed by atoms with E-state index in [1.165, 1.54) is 0 Å². The number of epoxide rings is 2. The second-order valence-corrected chi connectivity index (χ2v) is 5.84. The van der Waals surface area contributed by atoms with Crippen molar-refractivity contribution in [2.24, 2.45) is 0 Å². The molecule has 2 unspecified atom stereocenters. The molecule has 0 saturated carbocycles. The highest BCUT2D eigenvalue weighted by molar-refractivity contribution is 5.89. The van der Waals surface area contributed by atoms with Crippen molar-refractivity contribution in [3.8, 4) is 0 Å². The topological polar surface area (TPSA) is 77.7 Å². The molecule has 4 rings (SSSR count). The summed E-state index contributed by atoms with van der Waals surface area (Å²) in [6.07, 6.45) is 0.264. The van der Waals surface area contributed by atoms with Gasteiger partial charge in [0, 0.05) is 0 Å². The summed E-state index contributed by atoms with van der Waals surface area (Å²) in [6.45, 7) is 2.16. The van der Waals surface area contributed by atoms with E-state index in [4.69, 9.17) is 18.9 Å². The van der Waals surface area contributed by atoms with E-state index in [-0.39, 0.29) is 24.1 Å². The zero-order valence-electron chi connectivity index (χ0n) is 14.2. The molecule has 2 aromatic carbocycles. The standard InChI is InChI=1S/2C10H10O3/c2*11-10(13-7-9-6-12-9)8-4-2-1-3-5-8/h2*1-5,9H,6-7H2. The third kappa shape index (κ3) is 6.31. The van der Waals surface area contributed by atoms with Gasteiger partial charge in [0.2, 0.25) is 0 Å². The summed E-state index contributed by atoms with van der Waals surface area (Å²) in [5.41, 5.74) is 1.17. The molecule has 2 saturated heterocycles. The molecule has 6 heteroatoms. The summed E-state index contributed by atoms with van der Waals surface area (Å²) in [7, 11) is 0. The molecule has 136 valence electrons. The number of rotatable bonds is 6. The van der Waals surface area contributed by atoms with Crippen LogP contribution >= 0.6 is 0 Å². The SMILES string of the molecule is O=C(OCC1CO1)c1ccccc1.O=C(OCC1CO1)c1ccccc1. The molecule has 2 fully saturated rings. The van der Waals surface area contributed by atoms with E-state index in [1.807, 2.05) is 36.4 Å². The Bertz CT molecular complexity index is 644. The highest BCUT2D eigenvalue weighted by Gasteiger charge is 2.25. The van der Waals surface area contributed by atoms with Crippen LogP contribution < -0.4 is 0 Å². The monoisotopic (exact) mass is 356 g/mol. The summed E-state index contributed by atoms with van der Waals surface area (Å²) in [4.78, 5) is 22.6. The number of ether oxygens (including phenoxy) is 4. The lowest BCUT2D eigenvalue weighted by molar-refractivity contribution is 0.0468. The quantitative estimate of drug-likeness (QED) is 0.585. The Hall–Kier alpha value is -2.70. The number of carbonyl (C=O) groups excluding carboxylic acids is 2. The summed E-state index contributed by atoms with van der Waals surface area (Å²) in [5.74, 6) is -0.563. The number of carbonyl (C=O) groups is 2. The Morgan fingerprint density at radius 2 is 1.08 bits per heavy atom. The number of esters is 2. The van der Waals surface area contributed by atoms with Crippen molar-refractivity contribution in [3.05, 3.63) is 71.8 Å².